The molecule has 0 aromatic heterocycles. The van der Waals surface area contributed by atoms with E-state index in [4.69, 9.17) is 0 Å². The predicted octanol–water partition coefficient (Wildman–Crippen LogP) is 1.10. The van der Waals surface area contributed by atoms with Crippen molar-refractivity contribution in [2.75, 3.05) is 26.7 Å². The van der Waals surface area contributed by atoms with Gasteiger partial charge in [0.2, 0.25) is 11.9 Å². The normalized spacial score (nSPS) is 22.9. The first kappa shape index (κ1) is 17.3. The molecule has 3 amide bonds. The molecule has 8 nitrogen and oxygen atoms in total. The van der Waals surface area contributed by atoms with Gasteiger partial charge < -0.3 is 0 Å². The van der Waals surface area contributed by atoms with E-state index in [1.54, 1.807) is 12.1 Å². The minimum Gasteiger partial charge on any atom is -0.270 e. The van der Waals surface area contributed by atoms with Crippen LogP contribution in [0.3, 0.4) is 0 Å². The zero-order chi connectivity index (χ0) is 18.3. The average Bonchev–Trinajstić information content (AvgIpc) is 2.92. The molecule has 8 heteroatoms. The third-order valence-corrected chi connectivity index (χ3v) is 4.47. The topological polar surface area (TPSA) is 71.6 Å². The molecule has 0 aliphatic carbocycles. The second-order valence-electron chi connectivity index (χ2n) is 6.84. The van der Waals surface area contributed by atoms with Gasteiger partial charge in [0.25, 0.3) is 5.91 Å². The van der Waals surface area contributed by atoms with Gasteiger partial charge in [-0.05, 0) is 25.8 Å². The van der Waals surface area contributed by atoms with Gasteiger partial charge in [-0.25, -0.2) is 9.37 Å². The molecule has 0 bridgehead atoms. The van der Waals surface area contributed by atoms with Crippen LogP contribution in [0.4, 0.5) is 4.79 Å². The van der Waals surface area contributed by atoms with Crippen LogP contribution >= 0.6 is 0 Å². The summed E-state index contributed by atoms with van der Waals surface area (Å²) in [5.41, 5.74) is 1.84. The van der Waals surface area contributed by atoms with Crippen LogP contribution in [-0.2, 0) is 4.79 Å². The summed E-state index contributed by atoms with van der Waals surface area (Å²) in [5, 5.41) is 6.29. The fourth-order valence-electron chi connectivity index (χ4n) is 3.29. The number of hydrogen-bond acceptors (Lipinski definition) is 5. The van der Waals surface area contributed by atoms with Gasteiger partial charge in [-0.15, -0.1) is 10.1 Å². The highest BCUT2D eigenvalue weighted by Crippen LogP contribution is 2.23. The first-order valence-corrected chi connectivity index (χ1v) is 8.62. The van der Waals surface area contributed by atoms with Gasteiger partial charge in [0.15, 0.2) is 0 Å². The molecule has 1 atom stereocenters. The van der Waals surface area contributed by atoms with E-state index >= 15 is 0 Å². The molecule has 1 unspecified atom stereocenters. The van der Waals surface area contributed by atoms with E-state index in [0.717, 1.165) is 24.1 Å². The van der Waals surface area contributed by atoms with Gasteiger partial charge in [-0.3, -0.25) is 14.6 Å². The lowest BCUT2D eigenvalue weighted by Crippen LogP contribution is -2.63. The Morgan fingerprint density at radius 2 is 2.12 bits per heavy atom. The molecule has 1 fully saturated rings. The third kappa shape index (κ3) is 2.85. The van der Waals surface area contributed by atoms with Crippen LogP contribution in [0.15, 0.2) is 22.2 Å². The highest BCUT2D eigenvalue weighted by atomic mass is 16.2. The van der Waals surface area contributed by atoms with Crippen molar-refractivity contribution >= 4 is 29.4 Å². The molecule has 3 aliphatic rings. The van der Waals surface area contributed by atoms with Gasteiger partial charge in [-0.2, -0.15) is 0 Å². The SMILES string of the molecule is C=C(C)CN1N=C(C)C[N+]2=C1N=C1C2C(=O)N(CCCC)C(=O)N1C. The molecule has 0 N–H and O–H groups in total. The van der Waals surface area contributed by atoms with Crippen molar-refractivity contribution in [2.45, 2.75) is 39.7 Å². The van der Waals surface area contributed by atoms with Crippen LogP contribution in [0.25, 0.3) is 0 Å². The third-order valence-electron chi connectivity index (χ3n) is 4.47. The fraction of sp³-hybridized carbons (Fsp3) is 0.588. The Balaban J connectivity index is 1.98. The number of hydrogen-bond donors (Lipinski definition) is 0. The van der Waals surface area contributed by atoms with Crippen molar-refractivity contribution in [2.24, 2.45) is 10.1 Å². The standard InChI is InChI=1S/C17H25N6O2/c1-6-7-8-21-15(24)13-14(20(5)17(21)25)18-16-22(13)10-12(4)19-23(16)9-11(2)3/h13H,2,6-10H2,1,3-5H3/q+1. The lowest BCUT2D eigenvalue weighted by molar-refractivity contribution is -0.527. The minimum atomic E-state index is -0.562. The van der Waals surface area contributed by atoms with Gasteiger partial charge in [0, 0.05) is 13.6 Å². The summed E-state index contributed by atoms with van der Waals surface area (Å²) in [6.45, 7) is 11.3. The van der Waals surface area contributed by atoms with Crippen LogP contribution in [-0.4, -0.2) is 81.6 Å². The minimum absolute atomic E-state index is 0.199. The van der Waals surface area contributed by atoms with Crippen molar-refractivity contribution in [3.8, 4) is 0 Å². The lowest BCUT2D eigenvalue weighted by Gasteiger charge is -2.34. The number of rotatable bonds is 5. The van der Waals surface area contributed by atoms with Crippen molar-refractivity contribution < 1.29 is 14.2 Å². The molecule has 3 aliphatic heterocycles. The Morgan fingerprint density at radius 1 is 1.40 bits per heavy atom. The van der Waals surface area contributed by atoms with Gasteiger partial charge in [0.1, 0.15) is 13.1 Å². The number of carbonyl (C=O) groups is 2. The van der Waals surface area contributed by atoms with Crippen molar-refractivity contribution in [1.82, 2.24) is 14.8 Å². The largest absolute Gasteiger partial charge is 0.417 e. The molecule has 25 heavy (non-hydrogen) atoms. The van der Waals surface area contributed by atoms with Gasteiger partial charge in [0.05, 0.1) is 5.71 Å². The number of amides is 3. The number of hydrazone groups is 1. The Kier molecular flexibility index (Phi) is 4.45. The van der Waals surface area contributed by atoms with Crippen LogP contribution in [0, 0.1) is 0 Å². The summed E-state index contributed by atoms with van der Waals surface area (Å²) < 4.78 is 1.94. The Labute approximate surface area is 147 Å². The first-order chi connectivity index (χ1) is 11.8. The fourth-order valence-corrected chi connectivity index (χ4v) is 3.29. The number of urea groups is 1. The van der Waals surface area contributed by atoms with E-state index < -0.39 is 6.04 Å². The molecule has 0 aromatic carbocycles. The molecular formula is C17H25N6O2+. The summed E-state index contributed by atoms with van der Waals surface area (Å²) in [6, 6.07) is -0.870. The maximum atomic E-state index is 13.0. The van der Waals surface area contributed by atoms with Crippen LogP contribution < -0.4 is 0 Å². The number of aliphatic imine (C=N–C) groups is 1. The second-order valence-corrected chi connectivity index (χ2v) is 6.84. The summed E-state index contributed by atoms with van der Waals surface area (Å²) in [6.07, 6.45) is 1.72. The van der Waals surface area contributed by atoms with E-state index in [0.29, 0.717) is 31.4 Å². The molecule has 3 rings (SSSR count). The van der Waals surface area contributed by atoms with Crippen molar-refractivity contribution in [3.05, 3.63) is 12.2 Å². The quantitative estimate of drug-likeness (QED) is 0.553. The van der Waals surface area contributed by atoms with E-state index in [2.05, 4.69) is 16.7 Å². The highest BCUT2D eigenvalue weighted by Gasteiger charge is 2.54. The number of carbonyl (C=O) groups excluding carboxylic acids is 2. The molecular weight excluding hydrogens is 320 g/mol. The maximum absolute atomic E-state index is 13.0. The smallest absolute Gasteiger partial charge is 0.270 e. The second kappa shape index (κ2) is 6.42. The van der Waals surface area contributed by atoms with Crippen molar-refractivity contribution in [3.63, 3.8) is 0 Å². The summed E-state index contributed by atoms with van der Waals surface area (Å²) >= 11 is 0. The Bertz CT molecular complexity index is 735. The van der Waals surface area contributed by atoms with Gasteiger partial charge >= 0.3 is 12.0 Å². The van der Waals surface area contributed by atoms with Crippen LogP contribution in [0.5, 0.6) is 0 Å². The first-order valence-electron chi connectivity index (χ1n) is 8.62. The lowest BCUT2D eigenvalue weighted by atomic mass is 10.1. The molecule has 3 heterocycles. The zero-order valence-electron chi connectivity index (χ0n) is 15.3. The number of likely N-dealkylation sites (N-methyl/N-ethyl adjacent to an activating group) is 1. The molecule has 0 radical (unpaired) electrons. The molecule has 0 spiro atoms. The van der Waals surface area contributed by atoms with Gasteiger partial charge in [-0.1, -0.05) is 24.9 Å². The highest BCUT2D eigenvalue weighted by molar-refractivity contribution is 6.23. The van der Waals surface area contributed by atoms with E-state index in [1.807, 2.05) is 25.3 Å². The summed E-state index contributed by atoms with van der Waals surface area (Å²) in [4.78, 5) is 33.0. The molecule has 134 valence electrons. The van der Waals surface area contributed by atoms with E-state index in [-0.39, 0.29) is 11.9 Å². The zero-order valence-corrected chi connectivity index (χ0v) is 15.3. The van der Waals surface area contributed by atoms with E-state index in [1.165, 1.54) is 9.80 Å². The number of amidine groups is 1. The number of guanidine groups is 1. The number of unbranched alkanes of at least 4 members (excludes halogenated alkanes) is 1. The number of nitrogens with zero attached hydrogens (tertiary/aromatic N) is 6. The maximum Gasteiger partial charge on any atom is 0.417 e. The summed E-state index contributed by atoms with van der Waals surface area (Å²) in [5.74, 6) is 0.892. The molecule has 0 saturated carbocycles. The molecule has 0 aromatic rings. The Hall–Kier alpha value is -2.51. The predicted molar refractivity (Wildman–Crippen MR) is 95.8 cm³/mol. The van der Waals surface area contributed by atoms with Crippen LogP contribution in [0.1, 0.15) is 33.6 Å². The Morgan fingerprint density at radius 3 is 2.76 bits per heavy atom. The summed E-state index contributed by atoms with van der Waals surface area (Å²) in [7, 11) is 1.68. The average molecular weight is 345 g/mol. The monoisotopic (exact) mass is 345 g/mol. The van der Waals surface area contributed by atoms with Crippen molar-refractivity contribution in [1.29, 1.82) is 0 Å². The molecule has 1 saturated heterocycles. The van der Waals surface area contributed by atoms with Crippen LogP contribution in [0.2, 0.25) is 0 Å². The number of imide groups is 1. The van der Waals surface area contributed by atoms with E-state index in [9.17, 15) is 9.59 Å². The number of fused-ring (bicyclic) bond motifs is 2.